The summed E-state index contributed by atoms with van der Waals surface area (Å²) in [6.07, 6.45) is 1.89. The van der Waals surface area contributed by atoms with Gasteiger partial charge in [-0.1, -0.05) is 121 Å². The smallest absolute Gasteiger partial charge is 0.229 e. The van der Waals surface area contributed by atoms with Gasteiger partial charge in [0.15, 0.2) is 0 Å². The van der Waals surface area contributed by atoms with Gasteiger partial charge in [-0.15, -0.1) is 0 Å². The monoisotopic (exact) mass is 836 g/mol. The Morgan fingerprint density at radius 3 is 1.28 bits per heavy atom. The summed E-state index contributed by atoms with van der Waals surface area (Å²) in [5.74, 6) is 1.39. The van der Waals surface area contributed by atoms with Crippen molar-refractivity contribution in [2.45, 2.75) is 0 Å². The molecule has 0 bridgehead atoms. The van der Waals surface area contributed by atoms with Gasteiger partial charge in [0.1, 0.15) is 39.6 Å². The lowest BCUT2D eigenvalue weighted by Gasteiger charge is -2.24. The Morgan fingerprint density at radius 1 is 0.292 bits per heavy atom. The summed E-state index contributed by atoms with van der Waals surface area (Å²) in [6.45, 7) is 0. The van der Waals surface area contributed by atoms with Crippen molar-refractivity contribution in [2.75, 3.05) is 9.80 Å². The SMILES string of the molecule is c1ccc(-c2ccc(N(c3ccc4c(c3)oc3ccccc34)c3cc4oc5nc(N(c6ccc(-c7ccccc7)cc6)c6ccc7c(c6)oc6ccccc67)ccc5c4cn3)cc2)cc1. The van der Waals surface area contributed by atoms with Crippen molar-refractivity contribution in [1.29, 1.82) is 0 Å². The van der Waals surface area contributed by atoms with Crippen molar-refractivity contribution in [1.82, 2.24) is 9.97 Å². The van der Waals surface area contributed by atoms with Crippen LogP contribution >= 0.6 is 0 Å². The van der Waals surface area contributed by atoms with E-state index in [2.05, 4.69) is 161 Å². The third-order valence-corrected chi connectivity index (χ3v) is 12.4. The molecule has 0 amide bonds. The molecule has 0 spiro atoms. The van der Waals surface area contributed by atoms with E-state index < -0.39 is 0 Å². The highest BCUT2D eigenvalue weighted by Crippen LogP contribution is 2.43. The largest absolute Gasteiger partial charge is 0.456 e. The number of hydrogen-bond donors (Lipinski definition) is 0. The number of hydrogen-bond acceptors (Lipinski definition) is 7. The minimum atomic E-state index is 0.509. The summed E-state index contributed by atoms with van der Waals surface area (Å²) in [5.41, 5.74) is 12.8. The average Bonchev–Trinajstić information content (AvgIpc) is 4.05. The van der Waals surface area contributed by atoms with E-state index in [0.717, 1.165) is 99.7 Å². The zero-order valence-corrected chi connectivity index (χ0v) is 34.8. The van der Waals surface area contributed by atoms with Crippen molar-refractivity contribution in [3.05, 3.63) is 219 Å². The molecule has 5 heterocycles. The molecule has 0 unspecified atom stereocenters. The predicted molar refractivity (Wildman–Crippen MR) is 264 cm³/mol. The molecule has 0 saturated heterocycles. The molecule has 13 aromatic rings. The molecule has 0 aliphatic rings. The fourth-order valence-electron chi connectivity index (χ4n) is 9.18. The lowest BCUT2D eigenvalue weighted by atomic mass is 10.0. The standard InChI is InChI=1S/C58H36N4O3/c1-3-11-37(12-4-1)39-19-23-41(24-20-39)61(43-27-29-47-45-15-7-9-17-51(45)63-53(47)33-43)56-32-31-49-50-36-59-57(35-55(50)65-58(49)60-56)62(42-25-21-40(22-26-42)38-13-5-2-6-14-38)44-28-30-48-46-16-8-10-18-52(46)64-54(48)34-44/h1-36H. The van der Waals surface area contributed by atoms with Crippen LogP contribution < -0.4 is 9.80 Å². The quantitative estimate of drug-likeness (QED) is 0.151. The first-order valence-corrected chi connectivity index (χ1v) is 21.6. The second kappa shape index (κ2) is 14.9. The summed E-state index contributed by atoms with van der Waals surface area (Å²) in [7, 11) is 0. The molecule has 0 N–H and O–H groups in total. The van der Waals surface area contributed by atoms with Gasteiger partial charge in [-0.25, -0.2) is 4.98 Å². The Bertz CT molecular complexity index is 3640. The predicted octanol–water partition coefficient (Wildman–Crippen LogP) is 16.4. The van der Waals surface area contributed by atoms with Crippen LogP contribution in [-0.4, -0.2) is 9.97 Å². The van der Waals surface area contributed by atoms with E-state index in [-0.39, 0.29) is 0 Å². The molecule has 8 aromatic carbocycles. The first-order chi connectivity index (χ1) is 32.2. The van der Waals surface area contributed by atoms with E-state index in [1.165, 1.54) is 0 Å². The van der Waals surface area contributed by atoms with E-state index in [1.54, 1.807) is 0 Å². The zero-order chi connectivity index (χ0) is 42.8. The number of furan rings is 3. The van der Waals surface area contributed by atoms with Crippen LogP contribution in [0.4, 0.5) is 34.4 Å². The van der Waals surface area contributed by atoms with E-state index in [0.29, 0.717) is 22.9 Å². The number of benzene rings is 8. The maximum atomic E-state index is 6.71. The number of aromatic nitrogens is 2. The molecule has 5 aromatic heterocycles. The van der Waals surface area contributed by atoms with Crippen molar-refractivity contribution in [2.24, 2.45) is 0 Å². The Morgan fingerprint density at radius 2 is 0.723 bits per heavy atom. The van der Waals surface area contributed by atoms with Crippen LogP contribution in [0.25, 0.3) is 88.2 Å². The van der Waals surface area contributed by atoms with Gasteiger partial charge in [0.25, 0.3) is 0 Å². The Balaban J connectivity index is 0.929. The van der Waals surface area contributed by atoms with Crippen molar-refractivity contribution in [3.8, 4) is 22.3 Å². The molecule has 306 valence electrons. The maximum absolute atomic E-state index is 6.71. The number of anilines is 6. The van der Waals surface area contributed by atoms with Crippen LogP contribution in [-0.2, 0) is 0 Å². The lowest BCUT2D eigenvalue weighted by molar-refractivity contribution is 0.654. The first-order valence-electron chi connectivity index (χ1n) is 21.6. The first kappa shape index (κ1) is 36.7. The van der Waals surface area contributed by atoms with Gasteiger partial charge in [-0.2, -0.15) is 4.98 Å². The lowest BCUT2D eigenvalue weighted by Crippen LogP contribution is -2.11. The second-order valence-corrected chi connectivity index (χ2v) is 16.2. The highest BCUT2D eigenvalue weighted by Gasteiger charge is 2.22. The van der Waals surface area contributed by atoms with Crippen LogP contribution in [0.2, 0.25) is 0 Å². The van der Waals surface area contributed by atoms with Gasteiger partial charge in [0.05, 0.1) is 11.4 Å². The normalized spacial score (nSPS) is 11.7. The van der Waals surface area contributed by atoms with Gasteiger partial charge in [0.2, 0.25) is 5.71 Å². The topological polar surface area (TPSA) is 71.7 Å². The molecule has 0 radical (unpaired) electrons. The Hall–Kier alpha value is -8.94. The third-order valence-electron chi connectivity index (χ3n) is 12.4. The number of nitrogens with zero attached hydrogens (tertiary/aromatic N) is 4. The minimum absolute atomic E-state index is 0.509. The minimum Gasteiger partial charge on any atom is -0.456 e. The summed E-state index contributed by atoms with van der Waals surface area (Å²) in [5, 5.41) is 6.03. The van der Waals surface area contributed by atoms with E-state index in [1.807, 2.05) is 66.9 Å². The summed E-state index contributed by atoms with van der Waals surface area (Å²) in [4.78, 5) is 14.6. The average molecular weight is 837 g/mol. The maximum Gasteiger partial charge on any atom is 0.229 e. The molecule has 7 nitrogen and oxygen atoms in total. The van der Waals surface area contributed by atoms with Crippen LogP contribution in [0.1, 0.15) is 0 Å². The highest BCUT2D eigenvalue weighted by molar-refractivity contribution is 6.08. The van der Waals surface area contributed by atoms with Crippen molar-refractivity contribution in [3.63, 3.8) is 0 Å². The van der Waals surface area contributed by atoms with Gasteiger partial charge in [-0.3, -0.25) is 9.80 Å². The van der Waals surface area contributed by atoms with Crippen LogP contribution in [0.5, 0.6) is 0 Å². The summed E-state index contributed by atoms with van der Waals surface area (Å²) < 4.78 is 19.5. The summed E-state index contributed by atoms with van der Waals surface area (Å²) >= 11 is 0. The van der Waals surface area contributed by atoms with E-state index >= 15 is 0 Å². The molecule has 0 saturated carbocycles. The van der Waals surface area contributed by atoms with Gasteiger partial charge in [-0.05, 0) is 95.1 Å². The molecule has 0 aliphatic carbocycles. The number of pyridine rings is 2. The molecule has 0 fully saturated rings. The van der Waals surface area contributed by atoms with Crippen LogP contribution in [0, 0.1) is 0 Å². The molecule has 65 heavy (non-hydrogen) atoms. The molecular formula is C58H36N4O3. The number of fused-ring (bicyclic) bond motifs is 9. The van der Waals surface area contributed by atoms with Gasteiger partial charge < -0.3 is 13.3 Å². The zero-order valence-electron chi connectivity index (χ0n) is 34.8. The molecule has 0 aliphatic heterocycles. The van der Waals surface area contributed by atoms with Crippen LogP contribution in [0.3, 0.4) is 0 Å². The molecule has 13 rings (SSSR count). The second-order valence-electron chi connectivity index (χ2n) is 16.2. The molecule has 7 heteroatoms. The molecular weight excluding hydrogens is 801 g/mol. The third kappa shape index (κ3) is 6.28. The molecule has 0 atom stereocenters. The van der Waals surface area contributed by atoms with Gasteiger partial charge >= 0.3 is 0 Å². The summed E-state index contributed by atoms with van der Waals surface area (Å²) in [6, 6.07) is 73.0. The number of rotatable bonds is 8. The van der Waals surface area contributed by atoms with Crippen molar-refractivity contribution < 1.29 is 13.3 Å². The Labute approximate surface area is 372 Å². The highest BCUT2D eigenvalue weighted by atomic mass is 16.3. The van der Waals surface area contributed by atoms with Crippen molar-refractivity contribution >= 4 is 100 Å². The van der Waals surface area contributed by atoms with Gasteiger partial charge in [0, 0.05) is 68.1 Å². The Kier molecular flexibility index (Phi) is 8.39. The fourth-order valence-corrected chi connectivity index (χ4v) is 9.18. The van der Waals surface area contributed by atoms with Crippen LogP contribution in [0.15, 0.2) is 232 Å². The fraction of sp³-hybridized carbons (Fsp3) is 0. The van der Waals surface area contributed by atoms with E-state index in [4.69, 9.17) is 23.2 Å². The number of para-hydroxylation sites is 2. The van der Waals surface area contributed by atoms with E-state index in [9.17, 15) is 0 Å².